The summed E-state index contributed by atoms with van der Waals surface area (Å²) in [5.74, 6) is 1.16. The van der Waals surface area contributed by atoms with Gasteiger partial charge in [0.25, 0.3) is 5.89 Å². The lowest BCUT2D eigenvalue weighted by molar-refractivity contribution is -0.107. The quantitative estimate of drug-likeness (QED) is 0.437. The highest BCUT2D eigenvalue weighted by atomic mass is 35.5. The predicted octanol–water partition coefficient (Wildman–Crippen LogP) is 4.85. The number of aromatic amines is 1. The third kappa shape index (κ3) is 4.14. The summed E-state index contributed by atoms with van der Waals surface area (Å²) in [6.45, 7) is 3.81. The molecule has 0 aliphatic heterocycles. The maximum Gasteiger partial charge on any atom is 0.259 e. The number of nitrogens with one attached hydrogen (secondary N) is 1. The van der Waals surface area contributed by atoms with E-state index in [2.05, 4.69) is 20.1 Å². The Morgan fingerprint density at radius 2 is 2.10 bits per heavy atom. The van der Waals surface area contributed by atoms with Gasteiger partial charge in [-0.1, -0.05) is 16.8 Å². The van der Waals surface area contributed by atoms with Gasteiger partial charge in [-0.2, -0.15) is 4.98 Å². The van der Waals surface area contributed by atoms with Crippen LogP contribution in [0, 0.1) is 0 Å². The molecule has 148 valence electrons. The van der Waals surface area contributed by atoms with Crippen LogP contribution in [0.1, 0.15) is 26.0 Å². The van der Waals surface area contributed by atoms with Crippen molar-refractivity contribution < 1.29 is 14.1 Å². The summed E-state index contributed by atoms with van der Waals surface area (Å²) >= 11 is 6.25. The van der Waals surface area contributed by atoms with Gasteiger partial charge >= 0.3 is 0 Å². The summed E-state index contributed by atoms with van der Waals surface area (Å²) in [5.41, 5.74) is 3.45. The van der Waals surface area contributed by atoms with E-state index in [4.69, 9.17) is 20.9 Å². The maximum absolute atomic E-state index is 10.6. The minimum Gasteiger partial charge on any atom is -0.474 e. The minimum absolute atomic E-state index is 0.0249. The summed E-state index contributed by atoms with van der Waals surface area (Å²) in [6, 6.07) is 9.58. The summed E-state index contributed by atoms with van der Waals surface area (Å²) in [7, 11) is 0. The Labute approximate surface area is 172 Å². The first-order valence-corrected chi connectivity index (χ1v) is 9.63. The fourth-order valence-electron chi connectivity index (χ4n) is 2.99. The largest absolute Gasteiger partial charge is 0.474 e. The van der Waals surface area contributed by atoms with Crippen LogP contribution >= 0.6 is 11.6 Å². The molecule has 4 rings (SSSR count). The van der Waals surface area contributed by atoms with Gasteiger partial charge in [-0.25, -0.2) is 4.98 Å². The molecule has 1 aromatic carbocycles. The van der Waals surface area contributed by atoms with Crippen molar-refractivity contribution in [1.82, 2.24) is 20.1 Å². The van der Waals surface area contributed by atoms with Crippen molar-refractivity contribution in [3.8, 4) is 28.7 Å². The number of nitrogens with zero attached hydrogens (tertiary/aromatic N) is 3. The minimum atomic E-state index is -0.0249. The van der Waals surface area contributed by atoms with Crippen LogP contribution in [0.15, 0.2) is 41.1 Å². The molecule has 3 heterocycles. The zero-order valence-electron chi connectivity index (χ0n) is 16.0. The number of carbonyl (C=O) groups is 1. The van der Waals surface area contributed by atoms with Crippen LogP contribution in [0.3, 0.4) is 0 Å². The van der Waals surface area contributed by atoms with E-state index in [0.29, 0.717) is 41.0 Å². The lowest BCUT2D eigenvalue weighted by Gasteiger charge is -2.09. The van der Waals surface area contributed by atoms with Crippen molar-refractivity contribution in [1.29, 1.82) is 0 Å². The fourth-order valence-corrected chi connectivity index (χ4v) is 3.20. The monoisotopic (exact) mass is 410 g/mol. The molecule has 0 aliphatic carbocycles. The highest BCUT2D eigenvalue weighted by molar-refractivity contribution is 6.32. The van der Waals surface area contributed by atoms with Gasteiger partial charge < -0.3 is 19.0 Å². The van der Waals surface area contributed by atoms with Gasteiger partial charge in [-0.05, 0) is 50.6 Å². The molecule has 0 aliphatic rings. The third-order valence-electron chi connectivity index (χ3n) is 4.29. The number of fused-ring (bicyclic) bond motifs is 1. The first-order valence-electron chi connectivity index (χ1n) is 9.25. The van der Waals surface area contributed by atoms with E-state index in [-0.39, 0.29) is 6.10 Å². The number of hydrogen-bond donors (Lipinski definition) is 1. The van der Waals surface area contributed by atoms with Crippen LogP contribution in [-0.4, -0.2) is 32.5 Å². The van der Waals surface area contributed by atoms with Crippen molar-refractivity contribution in [3.05, 3.63) is 47.2 Å². The van der Waals surface area contributed by atoms with Crippen molar-refractivity contribution in [2.24, 2.45) is 0 Å². The summed E-state index contributed by atoms with van der Waals surface area (Å²) in [4.78, 5) is 22.6. The van der Waals surface area contributed by atoms with E-state index >= 15 is 0 Å². The molecule has 8 heteroatoms. The molecule has 0 spiro atoms. The summed E-state index contributed by atoms with van der Waals surface area (Å²) < 4.78 is 10.9. The highest BCUT2D eigenvalue weighted by Gasteiger charge is 2.15. The van der Waals surface area contributed by atoms with Gasteiger partial charge in [-0.3, -0.25) is 0 Å². The maximum atomic E-state index is 10.6. The number of aromatic nitrogens is 4. The number of carbonyl (C=O) groups excluding carboxylic acids is 1. The van der Waals surface area contributed by atoms with Crippen LogP contribution in [0.5, 0.6) is 5.88 Å². The van der Waals surface area contributed by atoms with Crippen LogP contribution in [0.2, 0.25) is 5.02 Å². The van der Waals surface area contributed by atoms with Crippen molar-refractivity contribution in [3.63, 3.8) is 0 Å². The molecule has 7 nitrogen and oxygen atoms in total. The van der Waals surface area contributed by atoms with E-state index in [0.717, 1.165) is 28.4 Å². The lowest BCUT2D eigenvalue weighted by Crippen LogP contribution is -2.07. The van der Waals surface area contributed by atoms with Crippen LogP contribution < -0.4 is 4.74 Å². The van der Waals surface area contributed by atoms with Crippen LogP contribution in [0.25, 0.3) is 33.7 Å². The first-order chi connectivity index (χ1) is 14.0. The molecule has 1 N–H and O–H groups in total. The van der Waals surface area contributed by atoms with Crippen molar-refractivity contribution in [2.45, 2.75) is 32.8 Å². The molecular weight excluding hydrogens is 392 g/mol. The molecule has 0 bridgehead atoms. The number of rotatable bonds is 7. The predicted molar refractivity (Wildman–Crippen MR) is 110 cm³/mol. The molecule has 0 unspecified atom stereocenters. The van der Waals surface area contributed by atoms with E-state index in [1.54, 1.807) is 12.3 Å². The molecule has 0 fully saturated rings. The molecule has 29 heavy (non-hydrogen) atoms. The van der Waals surface area contributed by atoms with Gasteiger partial charge in [0, 0.05) is 34.8 Å². The third-order valence-corrected chi connectivity index (χ3v) is 4.56. The van der Waals surface area contributed by atoms with E-state index in [9.17, 15) is 4.79 Å². The number of hydrogen-bond acceptors (Lipinski definition) is 6. The van der Waals surface area contributed by atoms with E-state index in [1.165, 1.54) is 0 Å². The fraction of sp³-hybridized carbons (Fsp3) is 0.238. The van der Waals surface area contributed by atoms with Gasteiger partial charge in [0.2, 0.25) is 11.7 Å². The Bertz CT molecular complexity index is 1170. The van der Waals surface area contributed by atoms with Gasteiger partial charge in [0.15, 0.2) is 0 Å². The second kappa shape index (κ2) is 8.05. The van der Waals surface area contributed by atoms with Crippen molar-refractivity contribution >= 4 is 28.8 Å². The average molecular weight is 411 g/mol. The van der Waals surface area contributed by atoms with Crippen LogP contribution in [0.4, 0.5) is 0 Å². The number of aldehydes is 1. The Morgan fingerprint density at radius 3 is 2.86 bits per heavy atom. The average Bonchev–Trinajstić information content (AvgIpc) is 3.33. The number of ether oxygens (including phenoxy) is 1. The van der Waals surface area contributed by atoms with Crippen LogP contribution in [-0.2, 0) is 11.2 Å². The topological polar surface area (TPSA) is 93.9 Å². The molecule has 0 radical (unpaired) electrons. The molecule has 0 saturated heterocycles. The van der Waals surface area contributed by atoms with E-state index < -0.39 is 0 Å². The number of benzene rings is 1. The second-order valence-electron chi connectivity index (χ2n) is 6.90. The van der Waals surface area contributed by atoms with Gasteiger partial charge in [0.05, 0.1) is 11.7 Å². The Hall–Kier alpha value is -3.19. The summed E-state index contributed by atoms with van der Waals surface area (Å²) in [5, 5.41) is 5.49. The number of aryl methyl sites for hydroxylation is 1. The highest BCUT2D eigenvalue weighted by Crippen LogP contribution is 2.30. The molecular formula is C21H19ClN4O3. The smallest absolute Gasteiger partial charge is 0.259 e. The Balaban J connectivity index is 1.60. The molecule has 3 aromatic heterocycles. The number of H-pyrrole nitrogens is 1. The van der Waals surface area contributed by atoms with Gasteiger partial charge in [-0.15, -0.1) is 0 Å². The van der Waals surface area contributed by atoms with Crippen molar-refractivity contribution in [2.75, 3.05) is 0 Å². The standard InChI is InChI=1S/C21H19ClN4O3/c1-12(2)28-21-17(22)10-15(11-23-21)20-25-19(26-29-20)13-5-6-18-14(8-13)9-16(24-18)4-3-7-27/h5-12,24H,3-4H2,1-2H3. The molecule has 0 amide bonds. The zero-order valence-corrected chi connectivity index (χ0v) is 16.7. The Kier molecular flexibility index (Phi) is 5.31. The van der Waals surface area contributed by atoms with E-state index in [1.807, 2.05) is 38.1 Å². The molecule has 4 aromatic rings. The Morgan fingerprint density at radius 1 is 1.24 bits per heavy atom. The SMILES string of the molecule is CC(C)Oc1ncc(-c2nc(-c3ccc4[nH]c(CCC=O)cc4c3)no2)cc1Cl. The number of halogens is 1. The number of pyridine rings is 1. The molecule has 0 saturated carbocycles. The summed E-state index contributed by atoms with van der Waals surface area (Å²) in [6.07, 6.45) is 3.66. The lowest BCUT2D eigenvalue weighted by atomic mass is 10.1. The second-order valence-corrected chi connectivity index (χ2v) is 7.31. The zero-order chi connectivity index (χ0) is 20.4. The normalized spacial score (nSPS) is 11.3. The first kappa shape index (κ1) is 19.1. The molecule has 0 atom stereocenters. The van der Waals surface area contributed by atoms with Gasteiger partial charge in [0.1, 0.15) is 11.3 Å².